The minimum absolute atomic E-state index is 0.0462. The lowest BCUT2D eigenvalue weighted by Crippen LogP contribution is -2.45. The van der Waals surface area contributed by atoms with E-state index in [1.165, 1.54) is 0 Å². The van der Waals surface area contributed by atoms with Gasteiger partial charge in [-0.1, -0.05) is 12.1 Å². The number of benzene rings is 1. The second-order valence-corrected chi connectivity index (χ2v) is 6.15. The van der Waals surface area contributed by atoms with Crippen molar-refractivity contribution in [2.75, 3.05) is 40.0 Å². The van der Waals surface area contributed by atoms with Crippen molar-refractivity contribution < 1.29 is 19.1 Å². The Bertz CT molecular complexity index is 596. The smallest absolute Gasteiger partial charge is 0.228 e. The minimum atomic E-state index is -0.330. The molecule has 2 atom stereocenters. The van der Waals surface area contributed by atoms with Crippen molar-refractivity contribution in [3.63, 3.8) is 0 Å². The molecule has 3 rings (SSSR count). The number of hydrogen-bond acceptors (Lipinski definition) is 4. The molecule has 1 aromatic rings. The highest BCUT2D eigenvalue weighted by atomic mass is 16.5. The molecule has 0 saturated carbocycles. The molecule has 2 amide bonds. The minimum Gasteiger partial charge on any atom is -0.497 e. The highest BCUT2D eigenvalue weighted by Crippen LogP contribution is 2.39. The molecule has 0 aromatic heterocycles. The van der Waals surface area contributed by atoms with Gasteiger partial charge in [0.05, 0.1) is 32.3 Å². The van der Waals surface area contributed by atoms with Gasteiger partial charge in [0.25, 0.3) is 0 Å². The molecule has 6 heteroatoms. The summed E-state index contributed by atoms with van der Waals surface area (Å²) < 4.78 is 10.5. The Morgan fingerprint density at radius 2 is 1.92 bits per heavy atom. The Hall–Kier alpha value is -2.08. The summed E-state index contributed by atoms with van der Waals surface area (Å²) >= 11 is 0. The fourth-order valence-electron chi connectivity index (χ4n) is 3.62. The maximum absolute atomic E-state index is 13.0. The van der Waals surface area contributed by atoms with Gasteiger partial charge in [-0.2, -0.15) is 0 Å². The summed E-state index contributed by atoms with van der Waals surface area (Å²) in [5, 5.41) is 0. The van der Waals surface area contributed by atoms with E-state index in [2.05, 4.69) is 0 Å². The Kier molecular flexibility index (Phi) is 5.04. The standard InChI is InChI=1S/C18H24N2O4/c1-3-20-16(21)12-15(18(22)19-8-10-24-11-9-19)17(20)13-4-6-14(23-2)7-5-13/h4-7,15,17H,3,8-12H2,1-2H3/t15-,17+/m1/s1. The average Bonchev–Trinajstić information content (AvgIpc) is 2.98. The van der Waals surface area contributed by atoms with Crippen LogP contribution in [0.5, 0.6) is 5.75 Å². The second-order valence-electron chi connectivity index (χ2n) is 6.15. The van der Waals surface area contributed by atoms with Crippen LogP contribution in [0.25, 0.3) is 0 Å². The first-order chi connectivity index (χ1) is 11.7. The van der Waals surface area contributed by atoms with Crippen LogP contribution in [0.2, 0.25) is 0 Å². The van der Waals surface area contributed by atoms with Crippen molar-refractivity contribution in [3.05, 3.63) is 29.8 Å². The van der Waals surface area contributed by atoms with E-state index in [1.807, 2.05) is 41.0 Å². The van der Waals surface area contributed by atoms with Crippen molar-refractivity contribution >= 4 is 11.8 Å². The number of amides is 2. The van der Waals surface area contributed by atoms with Crippen LogP contribution in [0.3, 0.4) is 0 Å². The summed E-state index contributed by atoms with van der Waals surface area (Å²) in [6.45, 7) is 4.89. The van der Waals surface area contributed by atoms with Gasteiger partial charge >= 0.3 is 0 Å². The third kappa shape index (κ3) is 3.11. The van der Waals surface area contributed by atoms with Gasteiger partial charge < -0.3 is 19.3 Å². The molecule has 24 heavy (non-hydrogen) atoms. The predicted molar refractivity (Wildman–Crippen MR) is 88.6 cm³/mol. The highest BCUT2D eigenvalue weighted by molar-refractivity contribution is 5.90. The van der Waals surface area contributed by atoms with Gasteiger partial charge in [0.15, 0.2) is 0 Å². The summed E-state index contributed by atoms with van der Waals surface area (Å²) in [6, 6.07) is 7.45. The molecule has 1 aromatic carbocycles. The molecule has 0 unspecified atom stereocenters. The van der Waals surface area contributed by atoms with E-state index < -0.39 is 0 Å². The summed E-state index contributed by atoms with van der Waals surface area (Å²) in [6.07, 6.45) is 0.278. The number of carbonyl (C=O) groups is 2. The van der Waals surface area contributed by atoms with E-state index in [0.717, 1.165) is 11.3 Å². The van der Waals surface area contributed by atoms with E-state index in [-0.39, 0.29) is 30.2 Å². The van der Waals surface area contributed by atoms with E-state index in [1.54, 1.807) is 7.11 Å². The highest BCUT2D eigenvalue weighted by Gasteiger charge is 2.45. The van der Waals surface area contributed by atoms with Crippen molar-refractivity contribution in [1.29, 1.82) is 0 Å². The summed E-state index contributed by atoms with van der Waals surface area (Å²) in [5.74, 6) is 0.541. The lowest BCUT2D eigenvalue weighted by Gasteiger charge is -2.33. The van der Waals surface area contributed by atoms with Crippen LogP contribution in [0.4, 0.5) is 0 Å². The Labute approximate surface area is 142 Å². The number of nitrogens with zero attached hydrogens (tertiary/aromatic N) is 2. The van der Waals surface area contributed by atoms with Gasteiger partial charge in [0.2, 0.25) is 11.8 Å². The van der Waals surface area contributed by atoms with Crippen LogP contribution in [-0.4, -0.2) is 61.6 Å². The number of rotatable bonds is 4. The molecule has 2 fully saturated rings. The summed E-state index contributed by atoms with van der Waals surface area (Å²) in [4.78, 5) is 29.0. The van der Waals surface area contributed by atoms with Gasteiger partial charge in [-0.25, -0.2) is 0 Å². The molecule has 0 aliphatic carbocycles. The monoisotopic (exact) mass is 332 g/mol. The average molecular weight is 332 g/mol. The molecule has 130 valence electrons. The quantitative estimate of drug-likeness (QED) is 0.838. The van der Waals surface area contributed by atoms with Crippen molar-refractivity contribution in [2.45, 2.75) is 19.4 Å². The zero-order valence-corrected chi connectivity index (χ0v) is 14.2. The zero-order chi connectivity index (χ0) is 17.1. The number of hydrogen-bond donors (Lipinski definition) is 0. The summed E-state index contributed by atoms with van der Waals surface area (Å²) in [5.41, 5.74) is 0.982. The molecule has 6 nitrogen and oxygen atoms in total. The van der Waals surface area contributed by atoms with Gasteiger partial charge in [-0.05, 0) is 24.6 Å². The molecule has 2 aliphatic heterocycles. The molecule has 0 radical (unpaired) electrons. The number of ether oxygens (including phenoxy) is 2. The SMILES string of the molecule is CCN1C(=O)C[C@@H](C(=O)N2CCOCC2)[C@@H]1c1ccc(OC)cc1. The predicted octanol–water partition coefficient (Wildman–Crippen LogP) is 1.46. The van der Waals surface area contributed by atoms with Crippen LogP contribution < -0.4 is 4.74 Å². The third-order valence-electron chi connectivity index (χ3n) is 4.87. The number of likely N-dealkylation sites (tertiary alicyclic amines) is 1. The van der Waals surface area contributed by atoms with E-state index >= 15 is 0 Å². The number of morpholine rings is 1. The first-order valence-corrected chi connectivity index (χ1v) is 8.45. The number of carbonyl (C=O) groups excluding carboxylic acids is 2. The largest absolute Gasteiger partial charge is 0.497 e. The van der Waals surface area contributed by atoms with Crippen LogP contribution in [-0.2, 0) is 14.3 Å². The van der Waals surface area contributed by atoms with Gasteiger partial charge in [0.1, 0.15) is 5.75 Å². The molecule has 0 bridgehead atoms. The van der Waals surface area contributed by atoms with Crippen molar-refractivity contribution in [3.8, 4) is 5.75 Å². The topological polar surface area (TPSA) is 59.1 Å². The lowest BCUT2D eigenvalue weighted by molar-refractivity contribution is -0.140. The Morgan fingerprint density at radius 3 is 2.50 bits per heavy atom. The van der Waals surface area contributed by atoms with Crippen LogP contribution >= 0.6 is 0 Å². The number of methoxy groups -OCH3 is 1. The van der Waals surface area contributed by atoms with Gasteiger partial charge in [-0.15, -0.1) is 0 Å². The third-order valence-corrected chi connectivity index (χ3v) is 4.87. The maximum Gasteiger partial charge on any atom is 0.228 e. The normalized spacial score (nSPS) is 24.3. The van der Waals surface area contributed by atoms with Crippen LogP contribution in [0.1, 0.15) is 24.9 Å². The molecular formula is C18H24N2O4. The molecular weight excluding hydrogens is 308 g/mol. The van der Waals surface area contributed by atoms with Crippen molar-refractivity contribution in [1.82, 2.24) is 9.80 Å². The van der Waals surface area contributed by atoms with Crippen molar-refractivity contribution in [2.24, 2.45) is 5.92 Å². The molecule has 0 N–H and O–H groups in total. The van der Waals surface area contributed by atoms with Gasteiger partial charge in [0, 0.05) is 26.1 Å². The first kappa shape index (κ1) is 16.8. The Balaban J connectivity index is 1.87. The van der Waals surface area contributed by atoms with Crippen LogP contribution in [0.15, 0.2) is 24.3 Å². The fraction of sp³-hybridized carbons (Fsp3) is 0.556. The first-order valence-electron chi connectivity index (χ1n) is 8.45. The maximum atomic E-state index is 13.0. The van der Waals surface area contributed by atoms with Gasteiger partial charge in [-0.3, -0.25) is 9.59 Å². The summed E-state index contributed by atoms with van der Waals surface area (Å²) in [7, 11) is 1.62. The van der Waals surface area contributed by atoms with E-state index in [9.17, 15) is 9.59 Å². The fourth-order valence-corrected chi connectivity index (χ4v) is 3.62. The molecule has 2 aliphatic rings. The molecule has 2 heterocycles. The second kappa shape index (κ2) is 7.21. The zero-order valence-electron chi connectivity index (χ0n) is 14.2. The molecule has 2 saturated heterocycles. The van der Waals surface area contributed by atoms with Crippen LogP contribution in [0, 0.1) is 5.92 Å². The Morgan fingerprint density at radius 1 is 1.25 bits per heavy atom. The lowest BCUT2D eigenvalue weighted by atomic mass is 9.92. The molecule has 0 spiro atoms. The van der Waals surface area contributed by atoms with E-state index in [4.69, 9.17) is 9.47 Å². The van der Waals surface area contributed by atoms with E-state index in [0.29, 0.717) is 32.8 Å².